The molecule has 0 spiro atoms. The maximum absolute atomic E-state index is 12.7. The number of hydrogen-bond donors (Lipinski definition) is 1. The number of carbonyl (C=O) groups is 1. The van der Waals surface area contributed by atoms with Gasteiger partial charge in [-0.15, -0.1) is 0 Å². The molecule has 2 aromatic carbocycles. The molecule has 0 fully saturated rings. The molecule has 0 atom stereocenters. The second-order valence-corrected chi connectivity index (χ2v) is 5.78. The van der Waals surface area contributed by atoms with Gasteiger partial charge in [0.05, 0.1) is 11.4 Å². The maximum atomic E-state index is 12.7. The molecule has 0 saturated carbocycles. The smallest absolute Gasteiger partial charge is 0.258 e. The highest BCUT2D eigenvalue weighted by atomic mass is 16.2. The average Bonchev–Trinajstić information content (AvgIpc) is 2.45. The fourth-order valence-corrected chi connectivity index (χ4v) is 2.62. The van der Waals surface area contributed by atoms with Gasteiger partial charge in [0.2, 0.25) is 0 Å². The third-order valence-electron chi connectivity index (χ3n) is 3.49. The first-order valence-corrected chi connectivity index (χ1v) is 6.81. The Morgan fingerprint density at radius 1 is 1.05 bits per heavy atom. The minimum Gasteiger partial charge on any atom is -0.377 e. The van der Waals surface area contributed by atoms with Crippen molar-refractivity contribution in [2.75, 3.05) is 16.8 Å². The van der Waals surface area contributed by atoms with E-state index in [1.807, 2.05) is 59.5 Å². The van der Waals surface area contributed by atoms with Gasteiger partial charge in [0.25, 0.3) is 5.91 Å². The van der Waals surface area contributed by atoms with Gasteiger partial charge in [-0.25, -0.2) is 0 Å². The topological polar surface area (TPSA) is 32.3 Å². The molecule has 102 valence electrons. The lowest BCUT2D eigenvalue weighted by molar-refractivity contribution is 0.0981. The first kappa shape index (κ1) is 12.7. The number of carbonyl (C=O) groups excluding carboxylic acids is 1. The second kappa shape index (κ2) is 4.67. The molecule has 0 aromatic heterocycles. The van der Waals surface area contributed by atoms with Crippen LogP contribution in [0.5, 0.6) is 0 Å². The predicted molar refractivity (Wildman–Crippen MR) is 82.3 cm³/mol. The van der Waals surface area contributed by atoms with Crippen LogP contribution in [0.15, 0.2) is 54.6 Å². The van der Waals surface area contributed by atoms with Gasteiger partial charge < -0.3 is 10.2 Å². The van der Waals surface area contributed by atoms with E-state index in [4.69, 9.17) is 0 Å². The van der Waals surface area contributed by atoms with Crippen LogP contribution in [0.4, 0.5) is 11.4 Å². The van der Waals surface area contributed by atoms with Gasteiger partial charge in [-0.2, -0.15) is 0 Å². The Morgan fingerprint density at radius 3 is 2.45 bits per heavy atom. The minimum atomic E-state index is -0.140. The van der Waals surface area contributed by atoms with E-state index in [0.717, 1.165) is 16.9 Å². The molecule has 0 unspecified atom stereocenters. The van der Waals surface area contributed by atoms with E-state index in [1.54, 1.807) is 0 Å². The summed E-state index contributed by atoms with van der Waals surface area (Å²) >= 11 is 0. The second-order valence-electron chi connectivity index (χ2n) is 5.78. The molecule has 1 aliphatic heterocycles. The first-order valence-electron chi connectivity index (χ1n) is 6.81. The molecule has 3 rings (SSSR count). The van der Waals surface area contributed by atoms with Crippen molar-refractivity contribution in [2.24, 2.45) is 0 Å². The fraction of sp³-hybridized carbons (Fsp3) is 0.235. The lowest BCUT2D eigenvalue weighted by atomic mass is 9.98. The van der Waals surface area contributed by atoms with Crippen molar-refractivity contribution < 1.29 is 4.79 Å². The van der Waals surface area contributed by atoms with Crippen molar-refractivity contribution in [1.82, 2.24) is 0 Å². The number of para-hydroxylation sites is 2. The van der Waals surface area contributed by atoms with Crippen LogP contribution in [0.3, 0.4) is 0 Å². The number of nitrogens with zero attached hydrogens (tertiary/aromatic N) is 1. The van der Waals surface area contributed by atoms with Gasteiger partial charge in [0.15, 0.2) is 0 Å². The molecular formula is C17H18N2O. The normalized spacial score (nSPS) is 16.2. The summed E-state index contributed by atoms with van der Waals surface area (Å²) in [5, 5.41) is 3.48. The molecule has 2 aromatic rings. The van der Waals surface area contributed by atoms with Crippen molar-refractivity contribution >= 4 is 17.3 Å². The molecule has 1 heterocycles. The number of nitrogens with one attached hydrogen (secondary N) is 1. The fourth-order valence-electron chi connectivity index (χ4n) is 2.62. The van der Waals surface area contributed by atoms with E-state index in [2.05, 4.69) is 19.2 Å². The Labute approximate surface area is 119 Å². The molecule has 20 heavy (non-hydrogen) atoms. The lowest BCUT2D eigenvalue weighted by Crippen LogP contribution is -2.50. The molecule has 0 radical (unpaired) electrons. The molecule has 3 nitrogen and oxygen atoms in total. The van der Waals surface area contributed by atoms with Gasteiger partial charge in [-0.3, -0.25) is 4.79 Å². The number of hydrogen-bond acceptors (Lipinski definition) is 2. The molecule has 1 aliphatic rings. The Kier molecular flexibility index (Phi) is 2.97. The summed E-state index contributed by atoms with van der Waals surface area (Å²) in [4.78, 5) is 14.6. The Hall–Kier alpha value is -2.29. The monoisotopic (exact) mass is 266 g/mol. The van der Waals surface area contributed by atoms with Crippen LogP contribution in [0.1, 0.15) is 24.2 Å². The third kappa shape index (κ3) is 2.27. The van der Waals surface area contributed by atoms with Gasteiger partial charge in [0, 0.05) is 17.6 Å². The third-order valence-corrected chi connectivity index (χ3v) is 3.49. The number of amides is 1. The molecule has 0 bridgehead atoms. The van der Waals surface area contributed by atoms with Crippen LogP contribution >= 0.6 is 0 Å². The van der Waals surface area contributed by atoms with E-state index in [-0.39, 0.29) is 11.4 Å². The highest BCUT2D eigenvalue weighted by Gasteiger charge is 2.32. The Morgan fingerprint density at radius 2 is 1.70 bits per heavy atom. The van der Waals surface area contributed by atoms with Crippen LogP contribution in [0, 0.1) is 0 Å². The van der Waals surface area contributed by atoms with Crippen LogP contribution in [0.2, 0.25) is 0 Å². The summed E-state index contributed by atoms with van der Waals surface area (Å²) in [5.74, 6) is 0.0487. The summed E-state index contributed by atoms with van der Waals surface area (Å²) in [7, 11) is 0. The molecule has 3 heteroatoms. The minimum absolute atomic E-state index is 0.0487. The highest BCUT2D eigenvalue weighted by molar-refractivity contribution is 6.08. The summed E-state index contributed by atoms with van der Waals surface area (Å²) in [6.45, 7) is 4.86. The zero-order valence-electron chi connectivity index (χ0n) is 11.8. The lowest BCUT2D eigenvalue weighted by Gasteiger charge is -2.40. The molecule has 0 saturated heterocycles. The Balaban J connectivity index is 2.03. The zero-order chi connectivity index (χ0) is 14.2. The van der Waals surface area contributed by atoms with Crippen molar-refractivity contribution in [2.45, 2.75) is 19.4 Å². The predicted octanol–water partition coefficient (Wildman–Crippen LogP) is 3.54. The average molecular weight is 266 g/mol. The van der Waals surface area contributed by atoms with Crippen LogP contribution in [-0.2, 0) is 0 Å². The maximum Gasteiger partial charge on any atom is 0.258 e. The quantitative estimate of drug-likeness (QED) is 0.856. The SMILES string of the molecule is CC1(C)CN(C(=O)c2ccccc2)c2ccccc2N1. The van der Waals surface area contributed by atoms with Crippen molar-refractivity contribution in [3.05, 3.63) is 60.2 Å². The summed E-state index contributed by atoms with van der Waals surface area (Å²) in [6.07, 6.45) is 0. The van der Waals surface area contributed by atoms with Crippen LogP contribution < -0.4 is 10.2 Å². The largest absolute Gasteiger partial charge is 0.377 e. The standard InChI is InChI=1S/C17H18N2O/c1-17(2)12-19(15-11-7-6-10-14(15)18-17)16(20)13-8-4-3-5-9-13/h3-11,18H,12H2,1-2H3. The highest BCUT2D eigenvalue weighted by Crippen LogP contribution is 2.34. The van der Waals surface area contributed by atoms with Crippen molar-refractivity contribution in [1.29, 1.82) is 0 Å². The number of rotatable bonds is 1. The van der Waals surface area contributed by atoms with E-state index >= 15 is 0 Å². The van der Waals surface area contributed by atoms with E-state index in [1.165, 1.54) is 0 Å². The molecule has 0 aliphatic carbocycles. The van der Waals surface area contributed by atoms with Gasteiger partial charge in [0.1, 0.15) is 0 Å². The first-order chi connectivity index (χ1) is 9.57. The molecule has 1 amide bonds. The van der Waals surface area contributed by atoms with Crippen molar-refractivity contribution in [3.8, 4) is 0 Å². The summed E-state index contributed by atoms with van der Waals surface area (Å²) < 4.78 is 0. The number of anilines is 2. The zero-order valence-corrected chi connectivity index (χ0v) is 11.8. The van der Waals surface area contributed by atoms with E-state index < -0.39 is 0 Å². The summed E-state index contributed by atoms with van der Waals surface area (Å²) in [6, 6.07) is 17.4. The van der Waals surface area contributed by atoms with Crippen LogP contribution in [-0.4, -0.2) is 18.0 Å². The number of fused-ring (bicyclic) bond motifs is 1. The molecular weight excluding hydrogens is 248 g/mol. The Bertz CT molecular complexity index is 634. The number of benzene rings is 2. The van der Waals surface area contributed by atoms with E-state index in [0.29, 0.717) is 6.54 Å². The molecule has 1 N–H and O–H groups in total. The van der Waals surface area contributed by atoms with Gasteiger partial charge in [-0.1, -0.05) is 30.3 Å². The van der Waals surface area contributed by atoms with Gasteiger partial charge in [-0.05, 0) is 38.1 Å². The van der Waals surface area contributed by atoms with Gasteiger partial charge >= 0.3 is 0 Å². The van der Waals surface area contributed by atoms with Crippen LogP contribution in [0.25, 0.3) is 0 Å². The van der Waals surface area contributed by atoms with E-state index in [9.17, 15) is 4.79 Å². The summed E-state index contributed by atoms with van der Waals surface area (Å²) in [5.41, 5.74) is 2.53. The van der Waals surface area contributed by atoms with Crippen molar-refractivity contribution in [3.63, 3.8) is 0 Å².